The molecule has 3 nitrogen and oxygen atoms in total. The minimum atomic E-state index is -2.99. The molecule has 0 radical (unpaired) electrons. The normalized spacial score (nSPS) is 11.3. The van der Waals surface area contributed by atoms with Crippen LogP contribution in [0.1, 0.15) is 5.56 Å². The molecule has 1 heterocycles. The summed E-state index contributed by atoms with van der Waals surface area (Å²) in [5.74, 6) is 0. The van der Waals surface area contributed by atoms with Gasteiger partial charge in [-0.3, -0.25) is 0 Å². The predicted molar refractivity (Wildman–Crippen MR) is 201 cm³/mol. The SMILES string of the molecule is [C-]#[N+]c1ccc2c(c1)c1ccccc1n2-c1ccc(-c2ccccc2[Si](c2ccccc2)(c2ccccc2)c2ccccc2C#N)cc1. The number of para-hydroxylation sites is 1. The molecular formula is C44H29N3Si. The van der Waals surface area contributed by atoms with Gasteiger partial charge in [0.2, 0.25) is 0 Å². The van der Waals surface area contributed by atoms with E-state index < -0.39 is 8.07 Å². The van der Waals surface area contributed by atoms with Crippen LogP contribution in [0, 0.1) is 17.9 Å². The highest BCUT2D eigenvalue weighted by Crippen LogP contribution is 2.35. The van der Waals surface area contributed by atoms with Crippen molar-refractivity contribution >= 4 is 56.3 Å². The van der Waals surface area contributed by atoms with E-state index in [4.69, 9.17) is 6.57 Å². The summed E-state index contributed by atoms with van der Waals surface area (Å²) in [5, 5.41) is 17.4. The van der Waals surface area contributed by atoms with Gasteiger partial charge in [-0.2, -0.15) is 5.26 Å². The highest BCUT2D eigenvalue weighted by atomic mass is 28.3. The number of aromatic nitrogens is 1. The Hall–Kier alpha value is -6.46. The molecule has 224 valence electrons. The lowest BCUT2D eigenvalue weighted by atomic mass is 10.1. The van der Waals surface area contributed by atoms with E-state index in [-0.39, 0.29) is 0 Å². The van der Waals surface area contributed by atoms with E-state index >= 15 is 0 Å². The van der Waals surface area contributed by atoms with Crippen LogP contribution in [0.2, 0.25) is 0 Å². The molecule has 0 unspecified atom stereocenters. The maximum Gasteiger partial charge on any atom is 0.188 e. The first-order valence-corrected chi connectivity index (χ1v) is 18.0. The fourth-order valence-electron chi connectivity index (χ4n) is 7.38. The van der Waals surface area contributed by atoms with Gasteiger partial charge in [-0.1, -0.05) is 140 Å². The van der Waals surface area contributed by atoms with Crippen molar-refractivity contribution in [2.45, 2.75) is 0 Å². The second-order valence-corrected chi connectivity index (χ2v) is 15.6. The average molecular weight is 628 g/mol. The number of nitriles is 1. The van der Waals surface area contributed by atoms with E-state index in [1.165, 1.54) is 15.6 Å². The third-order valence-electron chi connectivity index (χ3n) is 9.42. The first kappa shape index (κ1) is 29.0. The molecule has 4 heteroatoms. The summed E-state index contributed by atoms with van der Waals surface area (Å²) in [5.41, 5.74) is 6.85. The van der Waals surface area contributed by atoms with E-state index in [9.17, 15) is 5.26 Å². The van der Waals surface area contributed by atoms with Gasteiger partial charge in [0.05, 0.1) is 29.2 Å². The largest absolute Gasteiger partial charge is 0.309 e. The molecule has 0 atom stereocenters. The van der Waals surface area contributed by atoms with Crippen molar-refractivity contribution in [1.29, 1.82) is 5.26 Å². The first-order valence-electron chi connectivity index (χ1n) is 16.0. The van der Waals surface area contributed by atoms with Gasteiger partial charge in [0.1, 0.15) is 0 Å². The lowest BCUT2D eigenvalue weighted by Gasteiger charge is -2.36. The number of rotatable bonds is 6. The summed E-state index contributed by atoms with van der Waals surface area (Å²) in [6, 6.07) is 64.0. The topological polar surface area (TPSA) is 33.1 Å². The van der Waals surface area contributed by atoms with Crippen LogP contribution in [-0.2, 0) is 0 Å². The van der Waals surface area contributed by atoms with Crippen molar-refractivity contribution in [2.24, 2.45) is 0 Å². The zero-order valence-electron chi connectivity index (χ0n) is 26.1. The average Bonchev–Trinajstić information content (AvgIpc) is 3.50. The van der Waals surface area contributed by atoms with Gasteiger partial charge in [-0.15, -0.1) is 0 Å². The van der Waals surface area contributed by atoms with Gasteiger partial charge in [-0.05, 0) is 73.7 Å². The van der Waals surface area contributed by atoms with Crippen LogP contribution in [-0.4, -0.2) is 12.6 Å². The van der Waals surface area contributed by atoms with Crippen molar-refractivity contribution in [3.8, 4) is 22.9 Å². The minimum Gasteiger partial charge on any atom is -0.309 e. The summed E-state index contributed by atoms with van der Waals surface area (Å²) < 4.78 is 2.28. The Labute approximate surface area is 281 Å². The molecule has 0 N–H and O–H groups in total. The van der Waals surface area contributed by atoms with Gasteiger partial charge < -0.3 is 4.57 Å². The third-order valence-corrected chi connectivity index (χ3v) is 14.3. The Kier molecular flexibility index (Phi) is 7.27. The molecule has 0 spiro atoms. The summed E-state index contributed by atoms with van der Waals surface area (Å²) in [4.78, 5) is 3.69. The Morgan fingerprint density at radius 3 is 1.81 bits per heavy atom. The fraction of sp³-hybridized carbons (Fsp3) is 0. The number of fused-ring (bicyclic) bond motifs is 3. The van der Waals surface area contributed by atoms with Gasteiger partial charge in [0.25, 0.3) is 0 Å². The van der Waals surface area contributed by atoms with Crippen LogP contribution < -0.4 is 20.7 Å². The van der Waals surface area contributed by atoms with E-state index in [1.807, 2.05) is 24.3 Å². The molecule has 8 rings (SSSR count). The van der Waals surface area contributed by atoms with Crippen LogP contribution >= 0.6 is 0 Å². The lowest BCUT2D eigenvalue weighted by Crippen LogP contribution is -2.75. The van der Waals surface area contributed by atoms with Gasteiger partial charge in [0.15, 0.2) is 13.8 Å². The van der Waals surface area contributed by atoms with E-state index in [1.54, 1.807) is 0 Å². The summed E-state index contributed by atoms with van der Waals surface area (Å²) in [7, 11) is -2.99. The van der Waals surface area contributed by atoms with Crippen molar-refractivity contribution in [1.82, 2.24) is 4.57 Å². The zero-order chi connectivity index (χ0) is 32.5. The second-order valence-electron chi connectivity index (χ2n) is 11.9. The third kappa shape index (κ3) is 4.55. The zero-order valence-corrected chi connectivity index (χ0v) is 27.1. The van der Waals surface area contributed by atoms with Crippen molar-refractivity contribution in [3.05, 3.63) is 193 Å². The van der Waals surface area contributed by atoms with Gasteiger partial charge in [0, 0.05) is 11.1 Å². The van der Waals surface area contributed by atoms with E-state index in [2.05, 4.69) is 167 Å². The molecule has 0 saturated carbocycles. The van der Waals surface area contributed by atoms with Crippen molar-refractivity contribution < 1.29 is 0 Å². The van der Waals surface area contributed by atoms with Crippen LogP contribution in [0.15, 0.2) is 176 Å². The fourth-order valence-corrected chi connectivity index (χ4v) is 12.5. The number of hydrogen-bond donors (Lipinski definition) is 0. The van der Waals surface area contributed by atoms with E-state index in [0.717, 1.165) is 43.8 Å². The molecule has 7 aromatic carbocycles. The molecule has 0 aliphatic rings. The molecule has 0 aliphatic carbocycles. The van der Waals surface area contributed by atoms with E-state index in [0.29, 0.717) is 11.3 Å². The standard InChI is InChI=1S/C44H29N3Si/c1-46-34-26-29-42-40(30-34)39-20-9-11-21-41(39)47(42)35-27-24-32(25-28-35)38-19-10-13-23-44(38)48(36-15-4-2-5-16-36,37-17-6-3-7-18-37)43-22-12-8-14-33(43)31-45/h2-30H. The lowest BCUT2D eigenvalue weighted by molar-refractivity contribution is 1.18. The van der Waals surface area contributed by atoms with Crippen molar-refractivity contribution in [2.75, 3.05) is 0 Å². The predicted octanol–water partition coefficient (Wildman–Crippen LogP) is 8.25. The maximum absolute atomic E-state index is 10.5. The molecule has 0 fully saturated rings. The van der Waals surface area contributed by atoms with Crippen LogP contribution in [0.25, 0.3) is 43.5 Å². The van der Waals surface area contributed by atoms with Gasteiger partial charge in [-0.25, -0.2) is 4.85 Å². The molecule has 48 heavy (non-hydrogen) atoms. The number of nitrogens with zero attached hydrogens (tertiary/aromatic N) is 3. The smallest absolute Gasteiger partial charge is 0.188 e. The highest BCUT2D eigenvalue weighted by Gasteiger charge is 2.44. The van der Waals surface area contributed by atoms with Crippen LogP contribution in [0.4, 0.5) is 5.69 Å². The molecule has 0 bridgehead atoms. The van der Waals surface area contributed by atoms with Crippen molar-refractivity contribution in [3.63, 3.8) is 0 Å². The molecule has 0 amide bonds. The number of benzene rings is 7. The molecule has 1 aromatic heterocycles. The molecule has 0 aliphatic heterocycles. The Morgan fingerprint density at radius 2 is 1.12 bits per heavy atom. The Morgan fingerprint density at radius 1 is 0.542 bits per heavy atom. The van der Waals surface area contributed by atoms with Crippen LogP contribution in [0.3, 0.4) is 0 Å². The quantitative estimate of drug-likeness (QED) is 0.104. The molecule has 8 aromatic rings. The first-order chi connectivity index (χ1) is 23.7. The molecule has 0 saturated heterocycles. The second kappa shape index (κ2) is 12.0. The number of hydrogen-bond acceptors (Lipinski definition) is 1. The van der Waals surface area contributed by atoms with Gasteiger partial charge >= 0.3 is 0 Å². The summed E-state index contributed by atoms with van der Waals surface area (Å²) >= 11 is 0. The molecular weight excluding hydrogens is 599 g/mol. The van der Waals surface area contributed by atoms with Crippen LogP contribution in [0.5, 0.6) is 0 Å². The maximum atomic E-state index is 10.5. The monoisotopic (exact) mass is 627 g/mol. The summed E-state index contributed by atoms with van der Waals surface area (Å²) in [6.45, 7) is 7.56. The highest BCUT2D eigenvalue weighted by molar-refractivity contribution is 7.20. The Bertz CT molecular complexity index is 2480. The summed E-state index contributed by atoms with van der Waals surface area (Å²) in [6.07, 6.45) is 0. The minimum absolute atomic E-state index is 0.639. The Balaban J connectivity index is 1.37.